The van der Waals surface area contributed by atoms with Crippen LogP contribution in [0.4, 0.5) is 13.2 Å². The van der Waals surface area contributed by atoms with Gasteiger partial charge in [0.15, 0.2) is 0 Å². The Morgan fingerprint density at radius 2 is 1.75 bits per heavy atom. The maximum Gasteiger partial charge on any atom is 0.416 e. The van der Waals surface area contributed by atoms with E-state index in [0.717, 1.165) is 18.6 Å². The normalized spacial score (nSPS) is 10.7. The summed E-state index contributed by atoms with van der Waals surface area (Å²) in [7, 11) is 0. The molecule has 0 aliphatic rings. The van der Waals surface area contributed by atoms with Crippen LogP contribution in [0.3, 0.4) is 0 Å². The highest BCUT2D eigenvalue weighted by Gasteiger charge is 2.30. The molecule has 0 fully saturated rings. The minimum Gasteiger partial charge on any atom is -0.166 e. The first-order chi connectivity index (χ1) is 7.45. The van der Waals surface area contributed by atoms with Crippen molar-refractivity contribution in [2.24, 2.45) is 0 Å². The average molecular weight is 253 g/mol. The first-order valence-electron chi connectivity index (χ1n) is 5.30. The van der Waals surface area contributed by atoms with Crippen LogP contribution < -0.4 is 0 Å². The van der Waals surface area contributed by atoms with Gasteiger partial charge in [-0.05, 0) is 30.2 Å². The first-order valence-corrected chi connectivity index (χ1v) is 5.68. The summed E-state index contributed by atoms with van der Waals surface area (Å²) in [5, 5.41) is 0.403. The van der Waals surface area contributed by atoms with Crippen molar-refractivity contribution in [1.82, 2.24) is 0 Å². The summed E-state index contributed by atoms with van der Waals surface area (Å²) < 4.78 is 36.9. The zero-order valence-corrected chi connectivity index (χ0v) is 10.4. The van der Waals surface area contributed by atoms with Crippen molar-refractivity contribution in [3.63, 3.8) is 0 Å². The molecule has 92 valence electrons. The molecule has 0 heterocycles. The summed E-state index contributed by atoms with van der Waals surface area (Å²) in [6.45, 7) is 5.90. The van der Waals surface area contributed by atoms with Gasteiger partial charge in [-0.15, -0.1) is 0 Å². The molecule has 16 heavy (non-hydrogen) atoms. The third kappa shape index (κ3) is 4.44. The van der Waals surface area contributed by atoms with E-state index in [1.165, 1.54) is 6.07 Å². The maximum atomic E-state index is 12.3. The van der Waals surface area contributed by atoms with Crippen LogP contribution in [0, 0.1) is 0 Å². The largest absolute Gasteiger partial charge is 0.416 e. The summed E-state index contributed by atoms with van der Waals surface area (Å²) in [5.41, 5.74) is -0.0747. The Morgan fingerprint density at radius 1 is 1.19 bits per heavy atom. The average Bonchev–Trinajstić information content (AvgIpc) is 2.23. The van der Waals surface area contributed by atoms with Crippen LogP contribution in [0.1, 0.15) is 38.3 Å². The van der Waals surface area contributed by atoms with Gasteiger partial charge < -0.3 is 0 Å². The standard InChI is InChI=1S/C10H10ClF3.C2H6/c1-2-3-7-6-8(10(12,13)14)4-5-9(7)11;1-2/h4-6H,2-3H2,1H3;1-2H3. The van der Waals surface area contributed by atoms with Crippen LogP contribution >= 0.6 is 11.6 Å². The molecule has 0 radical (unpaired) electrons. The molecule has 1 rings (SSSR count). The fourth-order valence-corrected chi connectivity index (χ4v) is 1.42. The highest BCUT2D eigenvalue weighted by Crippen LogP contribution is 2.32. The van der Waals surface area contributed by atoms with E-state index in [1.54, 1.807) is 0 Å². The van der Waals surface area contributed by atoms with Gasteiger partial charge in [-0.1, -0.05) is 38.8 Å². The molecule has 1 aromatic rings. The van der Waals surface area contributed by atoms with Gasteiger partial charge in [0.2, 0.25) is 0 Å². The summed E-state index contributed by atoms with van der Waals surface area (Å²) in [6, 6.07) is 3.42. The Balaban J connectivity index is 0.00000106. The van der Waals surface area contributed by atoms with Gasteiger partial charge >= 0.3 is 6.18 Å². The van der Waals surface area contributed by atoms with Crippen LogP contribution in [0.2, 0.25) is 5.02 Å². The summed E-state index contributed by atoms with van der Waals surface area (Å²) in [5.74, 6) is 0. The predicted octanol–water partition coefficient (Wildman–Crippen LogP) is 5.34. The van der Waals surface area contributed by atoms with Gasteiger partial charge in [0.1, 0.15) is 0 Å². The second-order valence-corrected chi connectivity index (χ2v) is 3.46. The van der Waals surface area contributed by atoms with Crippen molar-refractivity contribution >= 4 is 11.6 Å². The SMILES string of the molecule is CC.CCCc1cc(C(F)(F)F)ccc1Cl. The molecule has 0 saturated carbocycles. The molecule has 0 bridgehead atoms. The molecule has 0 aliphatic heterocycles. The number of hydrogen-bond donors (Lipinski definition) is 0. The molecular weight excluding hydrogens is 237 g/mol. The van der Waals surface area contributed by atoms with Crippen molar-refractivity contribution in [3.8, 4) is 0 Å². The second kappa shape index (κ2) is 6.79. The van der Waals surface area contributed by atoms with E-state index >= 15 is 0 Å². The van der Waals surface area contributed by atoms with E-state index in [1.807, 2.05) is 20.8 Å². The molecule has 0 aliphatic carbocycles. The van der Waals surface area contributed by atoms with Gasteiger partial charge in [-0.2, -0.15) is 13.2 Å². The van der Waals surface area contributed by atoms with Gasteiger partial charge in [-0.3, -0.25) is 0 Å². The molecule has 0 unspecified atom stereocenters. The molecular formula is C12H16ClF3. The Bertz CT molecular complexity index is 319. The predicted molar refractivity (Wildman–Crippen MR) is 61.8 cm³/mol. The van der Waals surface area contributed by atoms with E-state index in [0.29, 0.717) is 17.0 Å². The second-order valence-electron chi connectivity index (χ2n) is 3.05. The highest BCUT2D eigenvalue weighted by atomic mass is 35.5. The summed E-state index contributed by atoms with van der Waals surface area (Å²) in [4.78, 5) is 0. The molecule has 0 saturated heterocycles. The van der Waals surface area contributed by atoms with E-state index in [2.05, 4.69) is 0 Å². The number of hydrogen-bond acceptors (Lipinski definition) is 0. The van der Waals surface area contributed by atoms with Gasteiger partial charge in [0, 0.05) is 5.02 Å². The Morgan fingerprint density at radius 3 is 2.19 bits per heavy atom. The van der Waals surface area contributed by atoms with Crippen LogP contribution in [0.15, 0.2) is 18.2 Å². The van der Waals surface area contributed by atoms with E-state index in [4.69, 9.17) is 11.6 Å². The number of alkyl halides is 3. The van der Waals surface area contributed by atoms with Crippen LogP contribution in [0.25, 0.3) is 0 Å². The molecule has 0 N–H and O–H groups in total. The third-order valence-electron chi connectivity index (χ3n) is 1.89. The van der Waals surface area contributed by atoms with Crippen LogP contribution in [-0.2, 0) is 12.6 Å². The number of aryl methyl sites for hydroxylation is 1. The zero-order valence-electron chi connectivity index (χ0n) is 9.66. The summed E-state index contributed by atoms with van der Waals surface area (Å²) in [6.07, 6.45) is -2.93. The van der Waals surface area contributed by atoms with Gasteiger partial charge in [0.05, 0.1) is 5.56 Å². The lowest BCUT2D eigenvalue weighted by Crippen LogP contribution is -2.05. The fourth-order valence-electron chi connectivity index (χ4n) is 1.21. The Kier molecular flexibility index (Phi) is 6.49. The van der Waals surface area contributed by atoms with Crippen molar-refractivity contribution in [1.29, 1.82) is 0 Å². The summed E-state index contributed by atoms with van der Waals surface area (Å²) >= 11 is 5.76. The number of benzene rings is 1. The molecule has 0 amide bonds. The quantitative estimate of drug-likeness (QED) is 0.667. The monoisotopic (exact) mass is 252 g/mol. The van der Waals surface area contributed by atoms with Gasteiger partial charge in [0.25, 0.3) is 0 Å². The fraction of sp³-hybridized carbons (Fsp3) is 0.500. The van der Waals surface area contributed by atoms with E-state index in [9.17, 15) is 13.2 Å². The van der Waals surface area contributed by atoms with Crippen LogP contribution in [-0.4, -0.2) is 0 Å². The molecule has 4 heteroatoms. The first kappa shape index (κ1) is 15.3. The van der Waals surface area contributed by atoms with Crippen molar-refractivity contribution in [2.75, 3.05) is 0 Å². The van der Waals surface area contributed by atoms with E-state index in [-0.39, 0.29) is 0 Å². The van der Waals surface area contributed by atoms with Crippen molar-refractivity contribution in [2.45, 2.75) is 39.8 Å². The highest BCUT2D eigenvalue weighted by molar-refractivity contribution is 6.31. The maximum absolute atomic E-state index is 12.3. The third-order valence-corrected chi connectivity index (χ3v) is 2.26. The molecule has 0 atom stereocenters. The van der Waals surface area contributed by atoms with Crippen molar-refractivity contribution < 1.29 is 13.2 Å². The Labute approximate surface area is 99.4 Å². The lowest BCUT2D eigenvalue weighted by atomic mass is 10.1. The topological polar surface area (TPSA) is 0 Å². The molecule has 0 spiro atoms. The van der Waals surface area contributed by atoms with Gasteiger partial charge in [-0.25, -0.2) is 0 Å². The van der Waals surface area contributed by atoms with E-state index < -0.39 is 11.7 Å². The zero-order chi connectivity index (χ0) is 12.8. The number of halogens is 4. The van der Waals surface area contributed by atoms with Crippen molar-refractivity contribution in [3.05, 3.63) is 34.3 Å². The lowest BCUT2D eigenvalue weighted by molar-refractivity contribution is -0.137. The Hall–Kier alpha value is -0.700. The molecule has 0 nitrogen and oxygen atoms in total. The molecule has 1 aromatic carbocycles. The minimum atomic E-state index is -4.28. The van der Waals surface area contributed by atoms with Crippen LogP contribution in [0.5, 0.6) is 0 Å². The smallest absolute Gasteiger partial charge is 0.166 e. The number of rotatable bonds is 2. The minimum absolute atomic E-state index is 0.403. The molecule has 0 aromatic heterocycles. The lowest BCUT2D eigenvalue weighted by Gasteiger charge is -2.09.